The molecule has 3 nitrogen and oxygen atoms in total. The van der Waals surface area contributed by atoms with Crippen molar-refractivity contribution in [2.75, 3.05) is 0 Å². The third kappa shape index (κ3) is 4.09. The van der Waals surface area contributed by atoms with Gasteiger partial charge in [-0.15, -0.1) is 0 Å². The lowest BCUT2D eigenvalue weighted by Crippen LogP contribution is -2.31. The molecule has 0 amide bonds. The molecule has 0 radical (unpaired) electrons. The predicted octanol–water partition coefficient (Wildman–Crippen LogP) is 2.37. The summed E-state index contributed by atoms with van der Waals surface area (Å²) in [5.41, 5.74) is 2.73. The number of nitrogens with one attached hydrogen (secondary N) is 1. The van der Waals surface area contributed by atoms with Gasteiger partial charge in [-0.25, -0.2) is 5.84 Å². The molecule has 0 aromatic carbocycles. The maximum Gasteiger partial charge on any atom is 0.111 e. The van der Waals surface area contributed by atoms with Crippen LogP contribution in [0.15, 0.2) is 4.99 Å². The van der Waals surface area contributed by atoms with Gasteiger partial charge < -0.3 is 5.43 Å². The predicted molar refractivity (Wildman–Crippen MR) is 61.2 cm³/mol. The number of hydrogen-bond donors (Lipinski definition) is 2. The summed E-state index contributed by atoms with van der Waals surface area (Å²) < 4.78 is 0. The molecule has 0 bridgehead atoms. The van der Waals surface area contributed by atoms with Crippen molar-refractivity contribution >= 4 is 5.84 Å². The Bertz CT molecular complexity index is 171. The molecule has 0 aromatic rings. The molecule has 3 heteroatoms. The van der Waals surface area contributed by atoms with E-state index in [4.69, 9.17) is 5.84 Å². The van der Waals surface area contributed by atoms with Gasteiger partial charge in [-0.1, -0.05) is 32.6 Å². The fraction of sp³-hybridized carbons (Fsp3) is 0.909. The number of nitrogens with zero attached hydrogens (tertiary/aromatic N) is 1. The molecular weight excluding hydrogens is 174 g/mol. The van der Waals surface area contributed by atoms with E-state index in [0.29, 0.717) is 6.04 Å². The normalized spacial score (nSPS) is 19.7. The van der Waals surface area contributed by atoms with Gasteiger partial charge in [0.2, 0.25) is 0 Å². The topological polar surface area (TPSA) is 50.4 Å². The van der Waals surface area contributed by atoms with E-state index in [9.17, 15) is 0 Å². The number of aliphatic imine (C=N–C) groups is 1. The van der Waals surface area contributed by atoms with Gasteiger partial charge in [0.05, 0.1) is 6.04 Å². The smallest absolute Gasteiger partial charge is 0.111 e. The quantitative estimate of drug-likeness (QED) is 0.314. The van der Waals surface area contributed by atoms with Crippen LogP contribution in [0.2, 0.25) is 0 Å². The number of hydrazine groups is 1. The summed E-state index contributed by atoms with van der Waals surface area (Å²) in [6.45, 7) is 2.19. The fourth-order valence-electron chi connectivity index (χ4n) is 1.95. The molecule has 1 aliphatic carbocycles. The van der Waals surface area contributed by atoms with Crippen LogP contribution in [0.3, 0.4) is 0 Å². The lowest BCUT2D eigenvalue weighted by molar-refractivity contribution is 0.441. The van der Waals surface area contributed by atoms with Gasteiger partial charge in [-0.3, -0.25) is 4.99 Å². The molecule has 0 heterocycles. The van der Waals surface area contributed by atoms with Gasteiger partial charge >= 0.3 is 0 Å². The Balaban J connectivity index is 2.35. The number of nitrogens with two attached hydrogens (primary N) is 1. The van der Waals surface area contributed by atoms with Gasteiger partial charge in [-0.2, -0.15) is 0 Å². The molecule has 82 valence electrons. The highest BCUT2D eigenvalue weighted by molar-refractivity contribution is 5.81. The first-order chi connectivity index (χ1) is 6.86. The van der Waals surface area contributed by atoms with Crippen LogP contribution < -0.4 is 11.3 Å². The van der Waals surface area contributed by atoms with Crippen molar-refractivity contribution in [1.29, 1.82) is 0 Å². The summed E-state index contributed by atoms with van der Waals surface area (Å²) in [5.74, 6) is 6.45. The molecule has 0 atom stereocenters. The third-order valence-electron chi connectivity index (χ3n) is 2.85. The first kappa shape index (κ1) is 11.5. The van der Waals surface area contributed by atoms with Crippen LogP contribution in [-0.2, 0) is 0 Å². The zero-order chi connectivity index (χ0) is 10.2. The van der Waals surface area contributed by atoms with E-state index in [2.05, 4.69) is 17.3 Å². The Hall–Kier alpha value is -0.570. The van der Waals surface area contributed by atoms with Gasteiger partial charge in [0.15, 0.2) is 0 Å². The Morgan fingerprint density at radius 3 is 2.64 bits per heavy atom. The van der Waals surface area contributed by atoms with E-state index in [0.717, 1.165) is 12.3 Å². The highest BCUT2D eigenvalue weighted by atomic mass is 15.3. The summed E-state index contributed by atoms with van der Waals surface area (Å²) in [6, 6.07) is 0.534. The van der Waals surface area contributed by atoms with E-state index in [1.807, 2.05) is 0 Å². The van der Waals surface area contributed by atoms with Crippen molar-refractivity contribution in [3.63, 3.8) is 0 Å². The van der Waals surface area contributed by atoms with Gasteiger partial charge in [0.25, 0.3) is 0 Å². The summed E-state index contributed by atoms with van der Waals surface area (Å²) in [7, 11) is 0. The van der Waals surface area contributed by atoms with E-state index < -0.39 is 0 Å². The molecule has 0 spiro atoms. The standard InChI is InChI=1S/C11H23N3/c1-2-3-9-11(14-12)13-10-7-5-4-6-8-10/h10H,2-9,12H2,1H3,(H,13,14). The first-order valence-electron chi connectivity index (χ1n) is 5.90. The van der Waals surface area contributed by atoms with E-state index in [1.165, 1.54) is 44.9 Å². The van der Waals surface area contributed by atoms with Crippen LogP contribution in [0, 0.1) is 0 Å². The van der Waals surface area contributed by atoms with Crippen LogP contribution in [-0.4, -0.2) is 11.9 Å². The molecule has 0 aromatic heterocycles. The minimum absolute atomic E-state index is 0.534. The van der Waals surface area contributed by atoms with Gasteiger partial charge in [0.1, 0.15) is 5.84 Å². The number of hydrogen-bond acceptors (Lipinski definition) is 2. The molecule has 0 aliphatic heterocycles. The van der Waals surface area contributed by atoms with Crippen molar-refractivity contribution < 1.29 is 0 Å². The molecule has 0 unspecified atom stereocenters. The molecule has 1 fully saturated rings. The summed E-state index contributed by atoms with van der Waals surface area (Å²) in [5, 5.41) is 0. The minimum Gasteiger partial charge on any atom is -0.312 e. The second kappa shape index (κ2) is 6.82. The Kier molecular flexibility index (Phi) is 5.60. The summed E-state index contributed by atoms with van der Waals surface area (Å²) >= 11 is 0. The lowest BCUT2D eigenvalue weighted by Gasteiger charge is -2.19. The highest BCUT2D eigenvalue weighted by Gasteiger charge is 2.12. The van der Waals surface area contributed by atoms with Crippen LogP contribution >= 0.6 is 0 Å². The molecule has 14 heavy (non-hydrogen) atoms. The van der Waals surface area contributed by atoms with Gasteiger partial charge in [0, 0.05) is 6.42 Å². The average molecular weight is 197 g/mol. The molecule has 1 aliphatic rings. The third-order valence-corrected chi connectivity index (χ3v) is 2.85. The Morgan fingerprint density at radius 2 is 2.07 bits per heavy atom. The van der Waals surface area contributed by atoms with E-state index in [-0.39, 0.29) is 0 Å². The van der Waals surface area contributed by atoms with Crippen LogP contribution in [0.25, 0.3) is 0 Å². The lowest BCUT2D eigenvalue weighted by atomic mass is 9.96. The maximum atomic E-state index is 5.45. The zero-order valence-electron chi connectivity index (χ0n) is 9.26. The fourth-order valence-corrected chi connectivity index (χ4v) is 1.95. The number of rotatable bonds is 4. The van der Waals surface area contributed by atoms with Crippen molar-refractivity contribution in [3.05, 3.63) is 0 Å². The van der Waals surface area contributed by atoms with Crippen LogP contribution in [0.1, 0.15) is 58.3 Å². The van der Waals surface area contributed by atoms with Crippen molar-refractivity contribution in [2.45, 2.75) is 64.3 Å². The average Bonchev–Trinajstić information content (AvgIpc) is 2.25. The molecule has 1 saturated carbocycles. The van der Waals surface area contributed by atoms with Gasteiger partial charge in [-0.05, 0) is 19.3 Å². The maximum absolute atomic E-state index is 5.45. The molecular formula is C11H23N3. The molecule has 0 saturated heterocycles. The first-order valence-corrected chi connectivity index (χ1v) is 5.90. The van der Waals surface area contributed by atoms with Crippen LogP contribution in [0.4, 0.5) is 0 Å². The summed E-state index contributed by atoms with van der Waals surface area (Å²) in [4.78, 5) is 4.67. The zero-order valence-corrected chi connectivity index (χ0v) is 9.26. The van der Waals surface area contributed by atoms with E-state index in [1.54, 1.807) is 0 Å². The number of amidine groups is 1. The molecule has 3 N–H and O–H groups in total. The number of unbranched alkanes of at least 4 members (excludes halogenated alkanes) is 1. The summed E-state index contributed by atoms with van der Waals surface area (Å²) in [6.07, 6.45) is 9.92. The SMILES string of the molecule is CCCCC(=NC1CCCCC1)NN. The minimum atomic E-state index is 0.534. The Morgan fingerprint density at radius 1 is 1.36 bits per heavy atom. The second-order valence-corrected chi connectivity index (χ2v) is 4.12. The van der Waals surface area contributed by atoms with Crippen molar-refractivity contribution in [2.24, 2.45) is 10.8 Å². The largest absolute Gasteiger partial charge is 0.312 e. The van der Waals surface area contributed by atoms with Crippen LogP contribution in [0.5, 0.6) is 0 Å². The van der Waals surface area contributed by atoms with Crippen molar-refractivity contribution in [3.8, 4) is 0 Å². The second-order valence-electron chi connectivity index (χ2n) is 4.12. The molecule has 1 rings (SSSR count). The highest BCUT2D eigenvalue weighted by Crippen LogP contribution is 2.20. The van der Waals surface area contributed by atoms with Crippen molar-refractivity contribution in [1.82, 2.24) is 5.43 Å². The monoisotopic (exact) mass is 197 g/mol. The van der Waals surface area contributed by atoms with E-state index >= 15 is 0 Å². The Labute approximate surface area is 87.1 Å².